The van der Waals surface area contributed by atoms with Crippen LogP contribution in [0.25, 0.3) is 66.7 Å². The molecule has 47 heavy (non-hydrogen) atoms. The predicted octanol–water partition coefficient (Wildman–Crippen LogP) is 7.87. The van der Waals surface area contributed by atoms with E-state index in [1.807, 2.05) is 54.6 Å². The number of amides is 1. The predicted molar refractivity (Wildman–Crippen MR) is 184 cm³/mol. The number of halogens is 1. The Morgan fingerprint density at radius 2 is 1.57 bits per heavy atom. The summed E-state index contributed by atoms with van der Waals surface area (Å²) in [5, 5.41) is 4.22. The molecule has 10 heteroatoms. The van der Waals surface area contributed by atoms with E-state index in [-0.39, 0.29) is 11.3 Å². The molecule has 0 aliphatic rings. The molecule has 0 aliphatic carbocycles. The highest BCUT2D eigenvalue weighted by molar-refractivity contribution is 7.92. The summed E-state index contributed by atoms with van der Waals surface area (Å²) in [6, 6.07) is 28.9. The Balaban J connectivity index is 1.49. The lowest BCUT2D eigenvalue weighted by molar-refractivity contribution is 0.0964. The minimum Gasteiger partial charge on any atom is -0.455 e. The summed E-state index contributed by atoms with van der Waals surface area (Å²) in [5.74, 6) is -0.571. The van der Waals surface area contributed by atoms with Crippen LogP contribution in [0.2, 0.25) is 0 Å². The van der Waals surface area contributed by atoms with Crippen molar-refractivity contribution in [1.82, 2.24) is 15.3 Å². The molecule has 0 spiro atoms. The number of benzene rings is 4. The van der Waals surface area contributed by atoms with Crippen LogP contribution in [-0.4, -0.2) is 44.6 Å². The molecule has 8 nitrogen and oxygen atoms in total. The molecule has 0 unspecified atom stereocenters. The zero-order valence-corrected chi connectivity index (χ0v) is 26.5. The molecule has 4 aromatic carbocycles. The topological polar surface area (TPSA) is 108 Å². The summed E-state index contributed by atoms with van der Waals surface area (Å²) >= 11 is 0. The lowest BCUT2D eigenvalue weighted by Crippen LogP contribution is -2.25. The number of rotatable bonds is 7. The van der Waals surface area contributed by atoms with Crippen molar-refractivity contribution in [3.8, 4) is 44.8 Å². The summed E-state index contributed by atoms with van der Waals surface area (Å²) in [6.07, 6.45) is 4.65. The number of carbonyl (C=O) groups excluding carboxylic acids is 1. The number of H-pyrrole nitrogens is 1. The molecular formula is C37H29FN4O4S. The third-order valence-electron chi connectivity index (χ3n) is 8.34. The smallest absolute Gasteiger partial charge is 0.255 e. The van der Waals surface area contributed by atoms with E-state index in [9.17, 15) is 17.6 Å². The van der Waals surface area contributed by atoms with Crippen LogP contribution in [0.5, 0.6) is 0 Å². The number of hydrogen-bond acceptors (Lipinski definition) is 5. The maximum absolute atomic E-state index is 13.8. The second kappa shape index (κ2) is 11.6. The number of hydrogen-bond donors (Lipinski definition) is 2. The largest absolute Gasteiger partial charge is 0.455 e. The van der Waals surface area contributed by atoms with Gasteiger partial charge in [-0.15, -0.1) is 0 Å². The number of pyridine rings is 1. The fourth-order valence-corrected chi connectivity index (χ4v) is 6.49. The van der Waals surface area contributed by atoms with Gasteiger partial charge < -0.3 is 14.7 Å². The van der Waals surface area contributed by atoms with E-state index in [1.54, 1.807) is 24.5 Å². The molecule has 0 radical (unpaired) electrons. The zero-order chi connectivity index (χ0) is 32.9. The van der Waals surface area contributed by atoms with Gasteiger partial charge in [-0.3, -0.25) is 14.1 Å². The minimum atomic E-state index is -3.70. The van der Waals surface area contributed by atoms with E-state index < -0.39 is 21.7 Å². The van der Waals surface area contributed by atoms with Gasteiger partial charge in [0.25, 0.3) is 5.91 Å². The molecule has 0 fully saturated rings. The number of carbonyl (C=O) groups is 1. The van der Waals surface area contributed by atoms with Gasteiger partial charge in [0.15, 0.2) is 0 Å². The Kier molecular flexibility index (Phi) is 7.37. The van der Waals surface area contributed by atoms with E-state index in [2.05, 4.69) is 21.4 Å². The molecule has 0 atom stereocenters. The molecule has 234 valence electrons. The highest BCUT2D eigenvalue weighted by atomic mass is 32.2. The van der Waals surface area contributed by atoms with Crippen LogP contribution in [0, 0.1) is 5.82 Å². The first-order valence-corrected chi connectivity index (χ1v) is 16.6. The van der Waals surface area contributed by atoms with Crippen LogP contribution in [-0.2, 0) is 10.0 Å². The summed E-state index contributed by atoms with van der Waals surface area (Å²) in [6.45, 7) is 0. The molecule has 0 aliphatic heterocycles. The molecule has 0 bridgehead atoms. The first-order valence-electron chi connectivity index (χ1n) is 14.8. The van der Waals surface area contributed by atoms with Gasteiger partial charge in [0.1, 0.15) is 17.2 Å². The quantitative estimate of drug-likeness (QED) is 0.184. The average Bonchev–Trinajstić information content (AvgIpc) is 3.66. The summed E-state index contributed by atoms with van der Waals surface area (Å²) in [4.78, 5) is 21.1. The Morgan fingerprint density at radius 3 is 2.30 bits per heavy atom. The number of sulfonamides is 1. The molecular weight excluding hydrogens is 615 g/mol. The van der Waals surface area contributed by atoms with Gasteiger partial charge in [0.05, 0.1) is 23.2 Å². The molecule has 7 aromatic rings. The van der Waals surface area contributed by atoms with Gasteiger partial charge in [-0.05, 0) is 71.3 Å². The summed E-state index contributed by atoms with van der Waals surface area (Å²) in [7, 11) is -0.701. The lowest BCUT2D eigenvalue weighted by atomic mass is 9.94. The highest BCUT2D eigenvalue weighted by Crippen LogP contribution is 2.43. The van der Waals surface area contributed by atoms with E-state index in [0.717, 1.165) is 45.1 Å². The summed E-state index contributed by atoms with van der Waals surface area (Å²) < 4.78 is 47.0. The van der Waals surface area contributed by atoms with Crippen LogP contribution >= 0.6 is 0 Å². The normalized spacial score (nSPS) is 11.7. The lowest BCUT2D eigenvalue weighted by Gasteiger charge is -2.21. The Labute approximate surface area is 270 Å². The highest BCUT2D eigenvalue weighted by Gasteiger charge is 2.26. The number of anilines is 1. The van der Waals surface area contributed by atoms with Crippen LogP contribution in [0.3, 0.4) is 0 Å². The number of fused-ring (bicyclic) bond motifs is 2. The molecule has 7 rings (SSSR count). The first-order chi connectivity index (χ1) is 22.6. The Hall–Kier alpha value is -5.74. The van der Waals surface area contributed by atoms with Gasteiger partial charge >= 0.3 is 0 Å². The number of furan rings is 1. The number of aromatic amines is 1. The van der Waals surface area contributed by atoms with Gasteiger partial charge in [-0.25, -0.2) is 12.8 Å². The maximum atomic E-state index is 13.8. The molecule has 3 aromatic heterocycles. The van der Waals surface area contributed by atoms with Crippen LogP contribution in [0.15, 0.2) is 114 Å². The molecule has 1 amide bonds. The molecule has 0 saturated carbocycles. The van der Waals surface area contributed by atoms with Crippen molar-refractivity contribution < 1.29 is 22.0 Å². The fraction of sp³-hybridized carbons (Fsp3) is 0.0811. The maximum Gasteiger partial charge on any atom is 0.255 e. The monoisotopic (exact) mass is 644 g/mol. The van der Waals surface area contributed by atoms with E-state index in [0.29, 0.717) is 27.8 Å². The van der Waals surface area contributed by atoms with Gasteiger partial charge in [0.2, 0.25) is 10.0 Å². The molecule has 0 saturated heterocycles. The minimum absolute atomic E-state index is 0.248. The van der Waals surface area contributed by atoms with Gasteiger partial charge in [-0.2, -0.15) is 0 Å². The first kappa shape index (κ1) is 29.9. The van der Waals surface area contributed by atoms with Crippen molar-refractivity contribution in [2.45, 2.75) is 0 Å². The second-order valence-corrected chi connectivity index (χ2v) is 13.2. The van der Waals surface area contributed by atoms with Crippen molar-refractivity contribution in [2.24, 2.45) is 0 Å². The van der Waals surface area contributed by atoms with Gasteiger partial charge in [-0.1, -0.05) is 36.4 Å². The van der Waals surface area contributed by atoms with Crippen molar-refractivity contribution in [2.75, 3.05) is 24.7 Å². The standard InChI is InChI=1S/C37H29FN4O4S/c1-39-37(43)34-29-20-28(31(42(2)47(3,44)45)21-32(29)46-36(34)23-11-13-26(38)14-12-23)24-7-6-8-25(19-24)35-33(22-15-17-40-18-16-22)27-9-4-5-10-30(27)41-35/h4-21,41H,1-3H3,(H,39,43). The van der Waals surface area contributed by atoms with E-state index >= 15 is 0 Å². The van der Waals surface area contributed by atoms with Crippen molar-refractivity contribution >= 4 is 43.5 Å². The van der Waals surface area contributed by atoms with Crippen LogP contribution < -0.4 is 9.62 Å². The zero-order valence-electron chi connectivity index (χ0n) is 25.7. The van der Waals surface area contributed by atoms with Gasteiger partial charge in [0, 0.05) is 65.5 Å². The number of nitrogens with one attached hydrogen (secondary N) is 2. The van der Waals surface area contributed by atoms with Crippen molar-refractivity contribution in [3.05, 3.63) is 121 Å². The number of nitrogens with zero attached hydrogens (tertiary/aromatic N) is 2. The third kappa shape index (κ3) is 5.32. The number of para-hydroxylation sites is 1. The van der Waals surface area contributed by atoms with Crippen molar-refractivity contribution in [3.63, 3.8) is 0 Å². The van der Waals surface area contributed by atoms with Crippen molar-refractivity contribution in [1.29, 1.82) is 0 Å². The average molecular weight is 645 g/mol. The van der Waals surface area contributed by atoms with E-state index in [4.69, 9.17) is 4.42 Å². The third-order valence-corrected chi connectivity index (χ3v) is 9.53. The fourth-order valence-electron chi connectivity index (χ4n) is 5.98. The number of aromatic nitrogens is 2. The SMILES string of the molecule is CNC(=O)c1c(-c2ccc(F)cc2)oc2cc(N(C)S(C)(=O)=O)c(-c3cccc(-c4[nH]c5ccccc5c4-c4ccncc4)c3)cc12. The Bertz CT molecular complexity index is 2420. The van der Waals surface area contributed by atoms with Crippen LogP contribution in [0.1, 0.15) is 10.4 Å². The summed E-state index contributed by atoms with van der Waals surface area (Å²) in [5.41, 5.74) is 7.50. The second-order valence-electron chi connectivity index (χ2n) is 11.2. The van der Waals surface area contributed by atoms with Crippen LogP contribution in [0.4, 0.5) is 10.1 Å². The molecule has 2 N–H and O–H groups in total. The van der Waals surface area contributed by atoms with E-state index in [1.165, 1.54) is 42.7 Å². The molecule has 3 heterocycles. The Morgan fingerprint density at radius 1 is 0.851 bits per heavy atom.